The molecule has 0 aliphatic carbocycles. The summed E-state index contributed by atoms with van der Waals surface area (Å²) >= 11 is 0.909. The molecule has 4 heterocycles. The largest absolute Gasteiger partial charge is 0.352 e. The first kappa shape index (κ1) is 16.4. The van der Waals surface area contributed by atoms with Gasteiger partial charge in [-0.15, -0.1) is 0 Å². The SMILES string of the molecule is Cn1ncc2c(N3CCN(C(=O)c4ccc([N+](=O)[O-])s4)CC3)ncnc21. The Morgan fingerprint density at radius 2 is 2.00 bits per heavy atom. The van der Waals surface area contributed by atoms with Crippen molar-refractivity contribution in [3.8, 4) is 0 Å². The maximum atomic E-state index is 12.6. The van der Waals surface area contributed by atoms with Crippen LogP contribution in [0, 0.1) is 10.1 Å². The van der Waals surface area contributed by atoms with Crippen molar-refractivity contribution in [2.75, 3.05) is 31.1 Å². The van der Waals surface area contributed by atoms with Crippen LogP contribution in [-0.2, 0) is 7.05 Å². The number of piperazine rings is 1. The number of carbonyl (C=O) groups excluding carboxylic acids is 1. The van der Waals surface area contributed by atoms with Crippen LogP contribution in [0.4, 0.5) is 10.8 Å². The number of nitrogens with zero attached hydrogens (tertiary/aromatic N) is 7. The molecule has 0 N–H and O–H groups in total. The lowest BCUT2D eigenvalue weighted by molar-refractivity contribution is -0.380. The Balaban J connectivity index is 1.48. The Hall–Kier alpha value is -3.08. The zero-order valence-corrected chi connectivity index (χ0v) is 14.7. The van der Waals surface area contributed by atoms with Gasteiger partial charge in [-0.25, -0.2) is 9.97 Å². The molecule has 1 aliphatic heterocycles. The van der Waals surface area contributed by atoms with Crippen molar-refractivity contribution >= 4 is 39.1 Å². The van der Waals surface area contributed by atoms with E-state index in [0.29, 0.717) is 31.1 Å². The van der Waals surface area contributed by atoms with Gasteiger partial charge in [0.2, 0.25) is 0 Å². The second-order valence-corrected chi connectivity index (χ2v) is 6.94. The van der Waals surface area contributed by atoms with Gasteiger partial charge in [-0.05, 0) is 6.07 Å². The average molecular weight is 373 g/mol. The second kappa shape index (κ2) is 6.33. The van der Waals surface area contributed by atoms with Gasteiger partial charge in [0.15, 0.2) is 5.65 Å². The van der Waals surface area contributed by atoms with Gasteiger partial charge in [0, 0.05) is 39.3 Å². The Labute approximate surface area is 151 Å². The van der Waals surface area contributed by atoms with Crippen molar-refractivity contribution in [2.24, 2.45) is 7.05 Å². The zero-order valence-electron chi connectivity index (χ0n) is 13.9. The van der Waals surface area contributed by atoms with Crippen LogP contribution in [0.1, 0.15) is 9.67 Å². The summed E-state index contributed by atoms with van der Waals surface area (Å²) < 4.78 is 1.70. The molecule has 0 aromatic carbocycles. The number of aromatic nitrogens is 4. The van der Waals surface area contributed by atoms with Crippen molar-refractivity contribution in [2.45, 2.75) is 0 Å². The monoisotopic (exact) mass is 373 g/mol. The zero-order chi connectivity index (χ0) is 18.3. The highest BCUT2D eigenvalue weighted by atomic mass is 32.1. The highest BCUT2D eigenvalue weighted by Crippen LogP contribution is 2.27. The summed E-state index contributed by atoms with van der Waals surface area (Å²) in [6.07, 6.45) is 3.26. The minimum Gasteiger partial charge on any atom is -0.352 e. The fraction of sp³-hybridized carbons (Fsp3) is 0.333. The lowest BCUT2D eigenvalue weighted by Gasteiger charge is -2.35. The molecule has 0 radical (unpaired) electrons. The highest BCUT2D eigenvalue weighted by molar-refractivity contribution is 7.17. The summed E-state index contributed by atoms with van der Waals surface area (Å²) in [5.74, 6) is 0.638. The normalized spacial score (nSPS) is 14.8. The number of thiophene rings is 1. The first-order chi connectivity index (χ1) is 12.5. The minimum absolute atomic E-state index is 0.0214. The van der Waals surface area contributed by atoms with E-state index in [-0.39, 0.29) is 10.9 Å². The van der Waals surface area contributed by atoms with Crippen LogP contribution in [-0.4, -0.2) is 61.7 Å². The maximum Gasteiger partial charge on any atom is 0.324 e. The number of hydrogen-bond donors (Lipinski definition) is 0. The van der Waals surface area contributed by atoms with Crippen LogP contribution < -0.4 is 4.90 Å². The van der Waals surface area contributed by atoms with Crippen LogP contribution in [0.25, 0.3) is 11.0 Å². The molecule has 1 saturated heterocycles. The number of rotatable bonds is 3. The van der Waals surface area contributed by atoms with E-state index in [9.17, 15) is 14.9 Å². The minimum atomic E-state index is -0.479. The highest BCUT2D eigenvalue weighted by Gasteiger charge is 2.26. The van der Waals surface area contributed by atoms with E-state index in [1.165, 1.54) is 18.5 Å². The molecule has 11 heteroatoms. The molecule has 3 aromatic heterocycles. The number of carbonyl (C=O) groups is 1. The molecule has 0 saturated carbocycles. The Kier molecular flexibility index (Phi) is 3.99. The van der Waals surface area contributed by atoms with Crippen molar-refractivity contribution in [1.29, 1.82) is 0 Å². The van der Waals surface area contributed by atoms with Gasteiger partial charge in [0.05, 0.1) is 21.4 Å². The van der Waals surface area contributed by atoms with Crippen LogP contribution >= 0.6 is 11.3 Å². The fourth-order valence-corrected chi connectivity index (χ4v) is 3.81. The molecule has 0 bridgehead atoms. The number of hydrogen-bond acceptors (Lipinski definition) is 8. The van der Waals surface area contributed by atoms with Gasteiger partial charge in [-0.2, -0.15) is 5.10 Å². The van der Waals surface area contributed by atoms with E-state index < -0.39 is 4.92 Å². The average Bonchev–Trinajstić information content (AvgIpc) is 3.29. The van der Waals surface area contributed by atoms with Crippen LogP contribution in [0.5, 0.6) is 0 Å². The topological polar surface area (TPSA) is 110 Å². The Morgan fingerprint density at radius 3 is 2.69 bits per heavy atom. The molecule has 3 aromatic rings. The van der Waals surface area contributed by atoms with Gasteiger partial charge in [-0.1, -0.05) is 11.3 Å². The molecule has 1 fully saturated rings. The molecule has 1 aliphatic rings. The van der Waals surface area contributed by atoms with E-state index in [1.54, 1.807) is 15.8 Å². The number of aryl methyl sites for hydroxylation is 1. The van der Waals surface area contributed by atoms with Crippen molar-refractivity contribution in [1.82, 2.24) is 24.6 Å². The molecular weight excluding hydrogens is 358 g/mol. The van der Waals surface area contributed by atoms with Crippen molar-refractivity contribution in [3.05, 3.63) is 39.6 Å². The standard InChI is InChI=1S/C15H15N7O3S/c1-19-13-10(8-18-19)14(17-9-16-13)20-4-6-21(7-5-20)15(23)11-2-3-12(26-11)22(24)25/h2-3,8-9H,4-7H2,1H3. The van der Waals surface area contributed by atoms with E-state index >= 15 is 0 Å². The molecule has 0 unspecified atom stereocenters. The number of amides is 1. The molecular formula is C15H15N7O3S. The predicted molar refractivity (Wildman–Crippen MR) is 95.4 cm³/mol. The molecule has 0 spiro atoms. The molecule has 26 heavy (non-hydrogen) atoms. The van der Waals surface area contributed by atoms with E-state index in [2.05, 4.69) is 20.0 Å². The van der Waals surface area contributed by atoms with Gasteiger partial charge in [0.1, 0.15) is 12.1 Å². The third kappa shape index (κ3) is 2.75. The second-order valence-electron chi connectivity index (χ2n) is 5.88. The summed E-state index contributed by atoms with van der Waals surface area (Å²) in [5.41, 5.74) is 0.763. The fourth-order valence-electron chi connectivity index (χ4n) is 3.02. The Bertz CT molecular complexity index is 990. The number of fused-ring (bicyclic) bond motifs is 1. The van der Waals surface area contributed by atoms with Crippen molar-refractivity contribution in [3.63, 3.8) is 0 Å². The number of nitro groups is 1. The first-order valence-electron chi connectivity index (χ1n) is 7.96. The summed E-state index contributed by atoms with van der Waals surface area (Å²) in [6, 6.07) is 2.88. The number of anilines is 1. The van der Waals surface area contributed by atoms with E-state index in [1.807, 2.05) is 7.05 Å². The van der Waals surface area contributed by atoms with Gasteiger partial charge in [-0.3, -0.25) is 19.6 Å². The summed E-state index contributed by atoms with van der Waals surface area (Å²) in [4.78, 5) is 35.7. The molecule has 134 valence electrons. The van der Waals surface area contributed by atoms with Gasteiger partial charge >= 0.3 is 5.00 Å². The van der Waals surface area contributed by atoms with Crippen molar-refractivity contribution < 1.29 is 9.72 Å². The van der Waals surface area contributed by atoms with Crippen LogP contribution in [0.2, 0.25) is 0 Å². The summed E-state index contributed by atoms with van der Waals surface area (Å²) in [7, 11) is 1.83. The van der Waals surface area contributed by atoms with E-state index in [0.717, 1.165) is 28.2 Å². The molecule has 1 amide bonds. The van der Waals surface area contributed by atoms with Gasteiger partial charge in [0.25, 0.3) is 5.91 Å². The first-order valence-corrected chi connectivity index (χ1v) is 8.77. The van der Waals surface area contributed by atoms with Crippen LogP contribution in [0.3, 0.4) is 0 Å². The summed E-state index contributed by atoms with van der Waals surface area (Å²) in [6.45, 7) is 2.30. The lowest BCUT2D eigenvalue weighted by Crippen LogP contribution is -2.49. The smallest absolute Gasteiger partial charge is 0.324 e. The summed E-state index contributed by atoms with van der Waals surface area (Å²) in [5, 5.41) is 15.9. The molecule has 10 nitrogen and oxygen atoms in total. The Morgan fingerprint density at radius 1 is 1.23 bits per heavy atom. The van der Waals surface area contributed by atoms with Gasteiger partial charge < -0.3 is 9.80 Å². The third-order valence-electron chi connectivity index (χ3n) is 4.36. The quantitative estimate of drug-likeness (QED) is 0.502. The van der Waals surface area contributed by atoms with Crippen LogP contribution in [0.15, 0.2) is 24.7 Å². The third-order valence-corrected chi connectivity index (χ3v) is 5.38. The molecule has 4 rings (SSSR count). The maximum absolute atomic E-state index is 12.6. The predicted octanol–water partition coefficient (Wildman–Crippen LogP) is 1.30. The lowest BCUT2D eigenvalue weighted by atomic mass is 10.2. The van der Waals surface area contributed by atoms with E-state index in [4.69, 9.17) is 0 Å². The molecule has 0 atom stereocenters.